The molecule has 7 nitrogen and oxygen atoms in total. The third-order valence-corrected chi connectivity index (χ3v) is 8.24. The van der Waals surface area contributed by atoms with Gasteiger partial charge in [-0.1, -0.05) is 54.6 Å². The van der Waals surface area contributed by atoms with Gasteiger partial charge in [-0.05, 0) is 65.6 Å². The van der Waals surface area contributed by atoms with Crippen molar-refractivity contribution in [2.75, 3.05) is 11.4 Å². The van der Waals surface area contributed by atoms with Crippen molar-refractivity contribution in [3.05, 3.63) is 137 Å². The second-order valence-electron chi connectivity index (χ2n) is 10.7. The fraction of sp³-hybridized carbons (Fsp3) is 0.147. The zero-order valence-corrected chi connectivity index (χ0v) is 22.9. The van der Waals surface area contributed by atoms with Gasteiger partial charge in [-0.2, -0.15) is 0 Å². The Morgan fingerprint density at radius 3 is 2.30 bits per heavy atom. The van der Waals surface area contributed by atoms with Crippen molar-refractivity contribution < 1.29 is 23.2 Å². The third kappa shape index (κ3) is 4.53. The van der Waals surface area contributed by atoms with E-state index in [1.54, 1.807) is 48.5 Å². The summed E-state index contributed by atoms with van der Waals surface area (Å²) in [6.45, 7) is 0.282. The second kappa shape index (κ2) is 10.5. The van der Waals surface area contributed by atoms with Gasteiger partial charge in [0.2, 0.25) is 0 Å². The highest BCUT2D eigenvalue weighted by atomic mass is 19.1. The van der Waals surface area contributed by atoms with Gasteiger partial charge in [0.05, 0.1) is 11.3 Å². The first-order chi connectivity index (χ1) is 20.9. The van der Waals surface area contributed by atoms with Gasteiger partial charge >= 0.3 is 6.03 Å². The van der Waals surface area contributed by atoms with Gasteiger partial charge in [0.25, 0.3) is 11.8 Å². The number of H-pyrrole nitrogens is 1. The van der Waals surface area contributed by atoms with Crippen LogP contribution in [0.2, 0.25) is 0 Å². The van der Waals surface area contributed by atoms with Crippen LogP contribution in [0.1, 0.15) is 38.8 Å². The van der Waals surface area contributed by atoms with E-state index in [-0.39, 0.29) is 23.6 Å². The first kappa shape index (κ1) is 26.6. The minimum atomic E-state index is -0.816. The number of urea groups is 1. The van der Waals surface area contributed by atoms with Crippen LogP contribution in [0.15, 0.2) is 97.1 Å². The molecule has 2 aliphatic rings. The number of rotatable bonds is 6. The molecular weight excluding hydrogens is 550 g/mol. The number of hydrogen-bond acceptors (Lipinski definition) is 3. The summed E-state index contributed by atoms with van der Waals surface area (Å²) < 4.78 is 27.2. The third-order valence-electron chi connectivity index (χ3n) is 8.24. The molecule has 1 saturated heterocycles. The number of nitrogens with zero attached hydrogens (tertiary/aromatic N) is 2. The summed E-state index contributed by atoms with van der Waals surface area (Å²) in [4.78, 5) is 47.7. The number of para-hydroxylation sites is 2. The summed E-state index contributed by atoms with van der Waals surface area (Å²) in [5.41, 5.74) is 4.50. The highest BCUT2D eigenvalue weighted by Gasteiger charge is 2.53. The first-order valence-electron chi connectivity index (χ1n) is 14.0. The van der Waals surface area contributed by atoms with Gasteiger partial charge in [-0.15, -0.1) is 0 Å². The lowest BCUT2D eigenvalue weighted by molar-refractivity contribution is -0.120. The van der Waals surface area contributed by atoms with Crippen LogP contribution in [0, 0.1) is 11.6 Å². The van der Waals surface area contributed by atoms with Crippen LogP contribution in [-0.4, -0.2) is 40.3 Å². The number of anilines is 1. The summed E-state index contributed by atoms with van der Waals surface area (Å²) in [6.07, 6.45) is 0.779. The Hall–Kier alpha value is -5.31. The molecule has 3 heterocycles. The monoisotopic (exact) mass is 576 g/mol. The van der Waals surface area contributed by atoms with Gasteiger partial charge in [0.1, 0.15) is 23.7 Å². The molecule has 7 rings (SSSR count). The highest BCUT2D eigenvalue weighted by Crippen LogP contribution is 2.45. The van der Waals surface area contributed by atoms with E-state index in [1.807, 2.05) is 24.3 Å². The number of halogens is 2. The lowest BCUT2D eigenvalue weighted by Gasteiger charge is -2.36. The number of fused-ring (bicyclic) bond motifs is 4. The maximum atomic E-state index is 14.2. The number of carbonyl (C=O) groups is 3. The summed E-state index contributed by atoms with van der Waals surface area (Å²) in [7, 11) is 0. The number of carbonyl (C=O) groups excluding carboxylic acids is 3. The summed E-state index contributed by atoms with van der Waals surface area (Å²) in [5.74, 6) is -1.60. The predicted molar refractivity (Wildman–Crippen MR) is 158 cm³/mol. The molecule has 4 amide bonds. The van der Waals surface area contributed by atoms with E-state index in [9.17, 15) is 23.2 Å². The van der Waals surface area contributed by atoms with E-state index in [4.69, 9.17) is 0 Å². The van der Waals surface area contributed by atoms with Crippen LogP contribution in [0.4, 0.5) is 19.3 Å². The van der Waals surface area contributed by atoms with Crippen molar-refractivity contribution in [2.24, 2.45) is 0 Å². The zero-order valence-electron chi connectivity index (χ0n) is 22.9. The molecule has 0 unspecified atom stereocenters. The number of aromatic nitrogens is 1. The van der Waals surface area contributed by atoms with E-state index in [0.717, 1.165) is 32.6 Å². The Morgan fingerprint density at radius 1 is 0.860 bits per heavy atom. The molecule has 0 saturated carbocycles. The van der Waals surface area contributed by atoms with Crippen LogP contribution in [0.25, 0.3) is 10.9 Å². The minimum Gasteiger partial charge on any atom is -0.356 e. The lowest BCUT2D eigenvalue weighted by atomic mass is 9.89. The van der Waals surface area contributed by atoms with Crippen LogP contribution in [-0.2, 0) is 17.6 Å². The Bertz CT molecular complexity index is 1880. The topological polar surface area (TPSA) is 85.5 Å². The lowest BCUT2D eigenvalue weighted by Crippen LogP contribution is -2.44. The summed E-state index contributed by atoms with van der Waals surface area (Å²) in [5, 5.41) is 3.81. The molecule has 0 aliphatic carbocycles. The van der Waals surface area contributed by atoms with E-state index < -0.39 is 35.7 Å². The SMILES string of the molecule is O=C(NCCc1ccc(F)cc1)c1ccccc1N1C(=O)[C@@H]2Cc3c([nH]c4ccccc34)[C@@H](c3ccc(F)cc3)N2C1=O. The molecule has 43 heavy (non-hydrogen) atoms. The van der Waals surface area contributed by atoms with Crippen LogP contribution < -0.4 is 10.2 Å². The minimum absolute atomic E-state index is 0.186. The highest BCUT2D eigenvalue weighted by molar-refractivity contribution is 6.24. The number of nitrogens with one attached hydrogen (secondary N) is 2. The number of benzene rings is 4. The van der Waals surface area contributed by atoms with Crippen molar-refractivity contribution >= 4 is 34.4 Å². The van der Waals surface area contributed by atoms with E-state index in [2.05, 4.69) is 10.3 Å². The number of imide groups is 1. The molecular formula is C34H26F2N4O3. The fourth-order valence-corrected chi connectivity index (χ4v) is 6.22. The van der Waals surface area contributed by atoms with E-state index in [1.165, 1.54) is 29.2 Å². The van der Waals surface area contributed by atoms with Gasteiger partial charge < -0.3 is 10.3 Å². The van der Waals surface area contributed by atoms with Crippen molar-refractivity contribution in [3.63, 3.8) is 0 Å². The first-order valence-corrected chi connectivity index (χ1v) is 14.0. The molecule has 0 radical (unpaired) electrons. The average molecular weight is 577 g/mol. The number of amides is 4. The molecule has 4 aromatic carbocycles. The van der Waals surface area contributed by atoms with Crippen molar-refractivity contribution in [1.29, 1.82) is 0 Å². The molecule has 0 spiro atoms. The molecule has 0 bridgehead atoms. The Kier molecular flexibility index (Phi) is 6.50. The van der Waals surface area contributed by atoms with Gasteiger partial charge in [0.15, 0.2) is 0 Å². The van der Waals surface area contributed by atoms with E-state index >= 15 is 0 Å². The maximum Gasteiger partial charge on any atom is 0.332 e. The molecule has 214 valence electrons. The maximum absolute atomic E-state index is 14.2. The number of aromatic amines is 1. The zero-order chi connectivity index (χ0) is 29.7. The molecule has 2 atom stereocenters. The average Bonchev–Trinajstić information content (AvgIpc) is 3.51. The summed E-state index contributed by atoms with van der Waals surface area (Å²) >= 11 is 0. The molecule has 1 fully saturated rings. The molecule has 5 aromatic rings. The second-order valence-corrected chi connectivity index (χ2v) is 10.7. The predicted octanol–water partition coefficient (Wildman–Crippen LogP) is 5.90. The quantitative estimate of drug-likeness (QED) is 0.247. The fourth-order valence-electron chi connectivity index (χ4n) is 6.22. The standard InChI is InChI=1S/C34H26F2N4O3/c35-22-13-9-20(10-14-22)17-18-37-32(41)25-6-2-4-8-28(25)40-33(42)29-19-26-24-5-1-3-7-27(24)38-30(26)31(39(29)34(40)43)21-11-15-23(36)16-12-21/h1-16,29,31,38H,17-19H2,(H,37,41)/t29-,31+/m0/s1. The van der Waals surface area contributed by atoms with Crippen LogP contribution >= 0.6 is 0 Å². The van der Waals surface area contributed by atoms with Gasteiger partial charge in [0, 0.05) is 29.6 Å². The molecule has 9 heteroatoms. The van der Waals surface area contributed by atoms with Crippen molar-refractivity contribution in [3.8, 4) is 0 Å². The van der Waals surface area contributed by atoms with E-state index in [0.29, 0.717) is 18.4 Å². The summed E-state index contributed by atoms with van der Waals surface area (Å²) in [6, 6.07) is 24.2. The van der Waals surface area contributed by atoms with Gasteiger partial charge in [-0.25, -0.2) is 18.5 Å². The molecule has 2 N–H and O–H groups in total. The Morgan fingerprint density at radius 2 is 1.53 bits per heavy atom. The molecule has 2 aliphatic heterocycles. The largest absolute Gasteiger partial charge is 0.356 e. The smallest absolute Gasteiger partial charge is 0.332 e. The normalized spacial score (nSPS) is 17.7. The van der Waals surface area contributed by atoms with Crippen molar-refractivity contribution in [1.82, 2.24) is 15.2 Å². The van der Waals surface area contributed by atoms with Crippen LogP contribution in [0.3, 0.4) is 0 Å². The Labute approximate surface area is 245 Å². The van der Waals surface area contributed by atoms with Gasteiger partial charge in [-0.3, -0.25) is 14.5 Å². The van der Waals surface area contributed by atoms with Crippen molar-refractivity contribution in [2.45, 2.75) is 24.9 Å². The molecule has 1 aromatic heterocycles. The number of hydrogen-bond donors (Lipinski definition) is 2. The van der Waals surface area contributed by atoms with Crippen LogP contribution in [0.5, 0.6) is 0 Å². The Balaban J connectivity index is 1.23.